The summed E-state index contributed by atoms with van der Waals surface area (Å²) in [6, 6.07) is 0.874. The number of hydrogen-bond donors (Lipinski definition) is 1. The lowest BCUT2D eigenvalue weighted by molar-refractivity contribution is -0.274. The summed E-state index contributed by atoms with van der Waals surface area (Å²) in [7, 11) is 0. The summed E-state index contributed by atoms with van der Waals surface area (Å²) in [6.07, 6.45) is 1.62. The quantitative estimate of drug-likeness (QED) is 0.351. The van der Waals surface area contributed by atoms with Gasteiger partial charge in [-0.05, 0) is 25.3 Å². The highest BCUT2D eigenvalue weighted by molar-refractivity contribution is 5.67. The number of rotatable bonds is 6. The molecule has 0 aliphatic rings. The van der Waals surface area contributed by atoms with E-state index >= 15 is 0 Å². The van der Waals surface area contributed by atoms with Crippen LogP contribution in [0.1, 0.15) is 38.8 Å². The zero-order chi connectivity index (χ0) is 24.3. The Morgan fingerprint density at radius 3 is 2.03 bits per heavy atom. The van der Waals surface area contributed by atoms with E-state index in [2.05, 4.69) is 26.4 Å². The number of hydrogen-bond acceptors (Lipinski definition) is 5. The molecule has 1 N–H and O–H groups in total. The van der Waals surface area contributed by atoms with Crippen molar-refractivity contribution in [3.8, 4) is 5.75 Å². The van der Waals surface area contributed by atoms with E-state index in [1.54, 1.807) is 20.8 Å². The smallest absolute Gasteiger partial charge is 0.406 e. The molecule has 2 rings (SSSR count). The first-order valence-corrected chi connectivity index (χ1v) is 9.29. The molecule has 1 aromatic carbocycles. The second-order valence-electron chi connectivity index (χ2n) is 7.96. The van der Waals surface area contributed by atoms with E-state index in [9.17, 15) is 27.1 Å². The van der Waals surface area contributed by atoms with Gasteiger partial charge >= 0.3 is 6.36 Å². The predicted molar refractivity (Wildman–Crippen MR) is 110 cm³/mol. The Balaban J connectivity index is 2.54. The third-order valence-corrected chi connectivity index (χ3v) is 4.74. The zero-order valence-corrected chi connectivity index (χ0v) is 17.8. The molecule has 1 heterocycles. The Bertz CT molecular complexity index is 1020. The van der Waals surface area contributed by atoms with E-state index in [0.29, 0.717) is 17.7 Å². The fourth-order valence-electron chi connectivity index (χ4n) is 3.15. The molecule has 0 fully saturated rings. The highest BCUT2D eigenvalue weighted by atomic mass is 19.4. The Hall–Kier alpha value is -3.14. The van der Waals surface area contributed by atoms with Crippen LogP contribution in [0.2, 0.25) is 0 Å². The average molecular weight is 455 g/mol. The highest BCUT2D eigenvalue weighted by Gasteiger charge is 2.45. The van der Waals surface area contributed by atoms with Crippen molar-refractivity contribution in [1.82, 2.24) is 9.97 Å². The standard InChI is InChI=1S/C22H22F5N3O2/c1-13(19-16(23)8-15(9-17(19)24)32-22(25,26)27)6-7-18(28-5)21(31,20(2,3)4)14-10-29-12-30-11-14/h6-12,31H,5H2,1-4H3/b13-6+,18-7-. The van der Waals surface area contributed by atoms with Crippen LogP contribution in [0, 0.1) is 17.0 Å². The van der Waals surface area contributed by atoms with Gasteiger partial charge in [0.2, 0.25) is 0 Å². The molecule has 0 saturated heterocycles. The van der Waals surface area contributed by atoms with Crippen LogP contribution in [-0.2, 0) is 5.60 Å². The zero-order valence-electron chi connectivity index (χ0n) is 17.8. The maximum absolute atomic E-state index is 14.4. The Morgan fingerprint density at radius 2 is 1.59 bits per heavy atom. The van der Waals surface area contributed by atoms with Crippen LogP contribution in [0.25, 0.3) is 5.57 Å². The van der Waals surface area contributed by atoms with Crippen molar-refractivity contribution in [3.05, 3.63) is 71.5 Å². The summed E-state index contributed by atoms with van der Waals surface area (Å²) in [6.45, 7) is 10.1. The Morgan fingerprint density at radius 1 is 1.06 bits per heavy atom. The number of aromatic nitrogens is 2. The van der Waals surface area contributed by atoms with E-state index in [4.69, 9.17) is 0 Å². The fourth-order valence-corrected chi connectivity index (χ4v) is 3.15. The molecule has 172 valence electrons. The van der Waals surface area contributed by atoms with Gasteiger partial charge in [0.25, 0.3) is 0 Å². The number of aliphatic hydroxyl groups is 1. The number of halogens is 5. The molecular weight excluding hydrogens is 433 g/mol. The van der Waals surface area contributed by atoms with Crippen molar-refractivity contribution in [1.29, 1.82) is 0 Å². The molecule has 1 atom stereocenters. The minimum atomic E-state index is -5.09. The molecule has 10 heteroatoms. The number of aliphatic imine (C=N–C) groups is 1. The van der Waals surface area contributed by atoms with Crippen LogP contribution >= 0.6 is 0 Å². The highest BCUT2D eigenvalue weighted by Crippen LogP contribution is 2.45. The first-order valence-electron chi connectivity index (χ1n) is 9.29. The van der Waals surface area contributed by atoms with Crippen LogP contribution in [0.4, 0.5) is 22.0 Å². The summed E-state index contributed by atoms with van der Waals surface area (Å²) in [4.78, 5) is 11.7. The molecule has 1 unspecified atom stereocenters. The van der Waals surface area contributed by atoms with Gasteiger partial charge in [-0.1, -0.05) is 26.8 Å². The van der Waals surface area contributed by atoms with Crippen molar-refractivity contribution in [2.45, 2.75) is 39.7 Å². The van der Waals surface area contributed by atoms with Gasteiger partial charge in [-0.2, -0.15) is 0 Å². The summed E-state index contributed by atoms with van der Waals surface area (Å²) < 4.78 is 69.3. The van der Waals surface area contributed by atoms with E-state index in [1.165, 1.54) is 37.8 Å². The largest absolute Gasteiger partial charge is 0.573 e. The molecule has 2 aromatic rings. The minimum absolute atomic E-state index is 0.0280. The second-order valence-corrected chi connectivity index (χ2v) is 7.96. The lowest BCUT2D eigenvalue weighted by Crippen LogP contribution is -2.41. The predicted octanol–water partition coefficient (Wildman–Crippen LogP) is 5.58. The number of benzene rings is 1. The molecule has 0 amide bonds. The minimum Gasteiger partial charge on any atom is -0.406 e. The van der Waals surface area contributed by atoms with Gasteiger partial charge in [0.15, 0.2) is 0 Å². The second kappa shape index (κ2) is 9.15. The van der Waals surface area contributed by atoms with Gasteiger partial charge in [-0.3, -0.25) is 4.99 Å². The first-order chi connectivity index (χ1) is 14.7. The maximum atomic E-state index is 14.4. The molecule has 0 bridgehead atoms. The van der Waals surface area contributed by atoms with Crippen LogP contribution in [0.3, 0.4) is 0 Å². The van der Waals surface area contributed by atoms with Crippen molar-refractivity contribution in [3.63, 3.8) is 0 Å². The topological polar surface area (TPSA) is 67.6 Å². The third-order valence-electron chi connectivity index (χ3n) is 4.74. The van der Waals surface area contributed by atoms with E-state index in [1.807, 2.05) is 0 Å². The van der Waals surface area contributed by atoms with Crippen molar-refractivity contribution in [2.75, 3.05) is 0 Å². The first kappa shape index (κ1) is 25.1. The van der Waals surface area contributed by atoms with Crippen molar-refractivity contribution >= 4 is 12.3 Å². The number of allylic oxidation sites excluding steroid dienone is 3. The monoisotopic (exact) mass is 455 g/mol. The Kier molecular flexibility index (Phi) is 7.19. The number of nitrogens with zero attached hydrogens (tertiary/aromatic N) is 3. The van der Waals surface area contributed by atoms with E-state index in [0.717, 1.165) is 0 Å². The van der Waals surface area contributed by atoms with Crippen LogP contribution < -0.4 is 4.74 Å². The molecule has 0 saturated carbocycles. The average Bonchev–Trinajstić information content (AvgIpc) is 2.66. The van der Waals surface area contributed by atoms with Gasteiger partial charge in [-0.25, -0.2) is 18.7 Å². The van der Waals surface area contributed by atoms with Crippen molar-refractivity contribution in [2.24, 2.45) is 10.4 Å². The Labute approximate surface area is 182 Å². The van der Waals surface area contributed by atoms with Gasteiger partial charge < -0.3 is 9.84 Å². The SMILES string of the molecule is C=N/C(=C\C=C(/C)c1c(F)cc(OC(F)(F)F)cc1F)C(O)(c1cncnc1)C(C)(C)C. The van der Waals surface area contributed by atoms with Gasteiger partial charge in [0.1, 0.15) is 29.3 Å². The summed E-state index contributed by atoms with van der Waals surface area (Å²) in [5.41, 5.74) is -2.68. The third kappa shape index (κ3) is 5.37. The van der Waals surface area contributed by atoms with Crippen molar-refractivity contribution < 1.29 is 31.8 Å². The molecule has 5 nitrogen and oxygen atoms in total. The van der Waals surface area contributed by atoms with E-state index < -0.39 is 40.3 Å². The molecule has 0 spiro atoms. The lowest BCUT2D eigenvalue weighted by Gasteiger charge is -2.40. The molecule has 0 aliphatic carbocycles. The number of ether oxygens (including phenoxy) is 1. The van der Waals surface area contributed by atoms with E-state index in [-0.39, 0.29) is 11.3 Å². The molecule has 0 radical (unpaired) electrons. The summed E-state index contributed by atoms with van der Waals surface area (Å²) in [5.74, 6) is -3.51. The lowest BCUT2D eigenvalue weighted by atomic mass is 9.71. The molecule has 32 heavy (non-hydrogen) atoms. The number of alkyl halides is 3. The van der Waals surface area contributed by atoms with Crippen LogP contribution in [0.5, 0.6) is 5.75 Å². The van der Waals surface area contributed by atoms with Crippen LogP contribution in [-0.4, -0.2) is 28.2 Å². The summed E-state index contributed by atoms with van der Waals surface area (Å²) >= 11 is 0. The summed E-state index contributed by atoms with van der Waals surface area (Å²) in [5, 5.41) is 11.5. The van der Waals surface area contributed by atoms with Gasteiger partial charge in [0.05, 0.1) is 5.70 Å². The molecule has 1 aromatic heterocycles. The molecular formula is C22H22F5N3O2. The van der Waals surface area contributed by atoms with Gasteiger partial charge in [0, 0.05) is 41.1 Å². The molecule has 0 aliphatic heterocycles. The van der Waals surface area contributed by atoms with Crippen LogP contribution in [0.15, 0.2) is 53.7 Å². The van der Waals surface area contributed by atoms with Gasteiger partial charge in [-0.15, -0.1) is 13.2 Å². The maximum Gasteiger partial charge on any atom is 0.573 e. The fraction of sp³-hybridized carbons (Fsp3) is 0.318. The normalized spacial score (nSPS) is 15.3.